The largest absolute Gasteiger partial charge is 0.381 e. The van der Waals surface area contributed by atoms with Crippen LogP contribution in [0.2, 0.25) is 0 Å². The Balaban J connectivity index is 3.28. The van der Waals surface area contributed by atoms with Crippen LogP contribution in [0.25, 0.3) is 0 Å². The van der Waals surface area contributed by atoms with Gasteiger partial charge in [-0.15, -0.1) is 0 Å². The Kier molecular flexibility index (Phi) is 8.82. The third-order valence-electron chi connectivity index (χ3n) is 1.72. The van der Waals surface area contributed by atoms with E-state index in [-0.39, 0.29) is 0 Å². The molecule has 1 nitrogen and oxygen atoms in total. The van der Waals surface area contributed by atoms with E-state index in [1.807, 2.05) is 6.08 Å². The first-order valence-corrected chi connectivity index (χ1v) is 5.11. The third-order valence-corrected chi connectivity index (χ3v) is 1.72. The lowest BCUT2D eigenvalue weighted by molar-refractivity contribution is 0.253. The molecule has 0 saturated heterocycles. The predicted molar refractivity (Wildman–Crippen MR) is 57.4 cm³/mol. The fraction of sp³-hybridized carbons (Fsp3) is 0.667. The first-order valence-electron chi connectivity index (χ1n) is 5.11. The summed E-state index contributed by atoms with van der Waals surface area (Å²) in [7, 11) is 0. The van der Waals surface area contributed by atoms with Gasteiger partial charge in [-0.1, -0.05) is 44.1 Å². The monoisotopic (exact) mass is 180 g/mol. The molecule has 0 radical (unpaired) electrons. The van der Waals surface area contributed by atoms with Crippen molar-refractivity contribution >= 4 is 0 Å². The van der Waals surface area contributed by atoms with E-state index in [2.05, 4.69) is 24.8 Å². The fourth-order valence-corrected chi connectivity index (χ4v) is 1.000. The molecular formula is C12H20O. The number of aliphatic hydroxyl groups is 1. The maximum atomic E-state index is 8.82. The van der Waals surface area contributed by atoms with Crippen LogP contribution in [-0.4, -0.2) is 11.2 Å². The summed E-state index contributed by atoms with van der Waals surface area (Å²) in [6.45, 7) is 3.88. The van der Waals surface area contributed by atoms with Crippen molar-refractivity contribution in [2.75, 3.05) is 0 Å². The first kappa shape index (κ1) is 12.3. The van der Waals surface area contributed by atoms with Crippen molar-refractivity contribution in [1.82, 2.24) is 0 Å². The van der Waals surface area contributed by atoms with Crippen LogP contribution >= 0.6 is 0 Å². The van der Waals surface area contributed by atoms with Gasteiger partial charge in [-0.2, -0.15) is 0 Å². The summed E-state index contributed by atoms with van der Waals surface area (Å²) < 4.78 is 0. The molecule has 0 aliphatic heterocycles. The Morgan fingerprint density at radius 3 is 2.69 bits per heavy atom. The molecule has 1 unspecified atom stereocenters. The van der Waals surface area contributed by atoms with Gasteiger partial charge in [0.1, 0.15) is 6.10 Å². The summed E-state index contributed by atoms with van der Waals surface area (Å²) in [5.41, 5.74) is 0. The lowest BCUT2D eigenvalue weighted by atomic mass is 10.1. The summed E-state index contributed by atoms with van der Waals surface area (Å²) >= 11 is 0. The van der Waals surface area contributed by atoms with E-state index in [9.17, 15) is 0 Å². The normalized spacial score (nSPS) is 12.5. The number of aliphatic hydroxyl groups excluding tert-OH is 1. The summed E-state index contributed by atoms with van der Waals surface area (Å²) in [6, 6.07) is 0. The van der Waals surface area contributed by atoms with Gasteiger partial charge in [0.05, 0.1) is 0 Å². The smallest absolute Gasteiger partial charge is 0.112 e. The zero-order chi connectivity index (χ0) is 9.94. The van der Waals surface area contributed by atoms with Gasteiger partial charge in [-0.05, 0) is 25.8 Å². The van der Waals surface area contributed by atoms with Crippen LogP contribution in [-0.2, 0) is 0 Å². The third kappa shape index (κ3) is 11.3. The second kappa shape index (κ2) is 9.35. The highest BCUT2D eigenvalue weighted by atomic mass is 16.3. The van der Waals surface area contributed by atoms with E-state index >= 15 is 0 Å². The van der Waals surface area contributed by atoms with E-state index in [1.54, 1.807) is 6.92 Å². The highest BCUT2D eigenvalue weighted by molar-refractivity contribution is 5.16. The summed E-state index contributed by atoms with van der Waals surface area (Å²) in [6.07, 6.45) is 9.67. The Bertz CT molecular complexity index is 181. The molecule has 0 aliphatic carbocycles. The van der Waals surface area contributed by atoms with Gasteiger partial charge in [0, 0.05) is 0 Å². The molecule has 0 aromatic heterocycles. The van der Waals surface area contributed by atoms with Crippen LogP contribution < -0.4 is 0 Å². The summed E-state index contributed by atoms with van der Waals surface area (Å²) in [5.74, 6) is 5.46. The Morgan fingerprint density at radius 1 is 1.31 bits per heavy atom. The van der Waals surface area contributed by atoms with Crippen LogP contribution in [0.5, 0.6) is 0 Å². The Labute approximate surface area is 81.9 Å². The number of unbranched alkanes of at least 4 members (excludes halogenated alkanes) is 4. The minimum Gasteiger partial charge on any atom is -0.381 e. The van der Waals surface area contributed by atoms with E-state index in [0.29, 0.717) is 0 Å². The van der Waals surface area contributed by atoms with Gasteiger partial charge in [-0.25, -0.2) is 0 Å². The molecule has 1 atom stereocenters. The molecular weight excluding hydrogens is 160 g/mol. The van der Waals surface area contributed by atoms with Crippen molar-refractivity contribution in [3.05, 3.63) is 12.2 Å². The fourth-order valence-electron chi connectivity index (χ4n) is 1.000. The van der Waals surface area contributed by atoms with Gasteiger partial charge < -0.3 is 5.11 Å². The number of hydrogen-bond acceptors (Lipinski definition) is 1. The predicted octanol–water partition coefficient (Wildman–Crippen LogP) is 2.90. The van der Waals surface area contributed by atoms with Crippen molar-refractivity contribution in [2.24, 2.45) is 0 Å². The number of allylic oxidation sites excluding steroid dienone is 2. The van der Waals surface area contributed by atoms with Crippen LogP contribution in [0.1, 0.15) is 46.0 Å². The Hall–Kier alpha value is -0.740. The molecule has 0 aromatic carbocycles. The van der Waals surface area contributed by atoms with E-state index in [4.69, 9.17) is 5.11 Å². The van der Waals surface area contributed by atoms with Gasteiger partial charge in [-0.3, -0.25) is 0 Å². The number of hydrogen-bond donors (Lipinski definition) is 1. The van der Waals surface area contributed by atoms with Gasteiger partial charge >= 0.3 is 0 Å². The maximum absolute atomic E-state index is 8.82. The number of rotatable bonds is 5. The van der Waals surface area contributed by atoms with Crippen LogP contribution in [0.15, 0.2) is 12.2 Å². The molecule has 13 heavy (non-hydrogen) atoms. The first-order chi connectivity index (χ1) is 6.27. The zero-order valence-corrected chi connectivity index (χ0v) is 8.71. The molecule has 74 valence electrons. The Morgan fingerprint density at radius 2 is 2.08 bits per heavy atom. The van der Waals surface area contributed by atoms with Gasteiger partial charge in [0.15, 0.2) is 0 Å². The van der Waals surface area contributed by atoms with Gasteiger partial charge in [0.2, 0.25) is 0 Å². The van der Waals surface area contributed by atoms with Crippen LogP contribution in [0, 0.1) is 11.8 Å². The average Bonchev–Trinajstić information content (AvgIpc) is 2.09. The quantitative estimate of drug-likeness (QED) is 0.509. The molecule has 1 N–H and O–H groups in total. The second-order valence-corrected chi connectivity index (χ2v) is 3.22. The highest BCUT2D eigenvalue weighted by Gasteiger charge is 1.83. The lowest BCUT2D eigenvalue weighted by Crippen LogP contribution is -1.91. The topological polar surface area (TPSA) is 20.2 Å². The van der Waals surface area contributed by atoms with Crippen molar-refractivity contribution < 1.29 is 5.11 Å². The molecule has 0 bridgehead atoms. The molecule has 0 rings (SSSR count). The molecule has 0 heterocycles. The van der Waals surface area contributed by atoms with Crippen molar-refractivity contribution in [3.63, 3.8) is 0 Å². The molecule has 0 aromatic rings. The van der Waals surface area contributed by atoms with Gasteiger partial charge in [0.25, 0.3) is 0 Å². The minimum atomic E-state index is -0.509. The van der Waals surface area contributed by atoms with Crippen molar-refractivity contribution in [3.8, 4) is 11.8 Å². The molecule has 0 amide bonds. The summed E-state index contributed by atoms with van der Waals surface area (Å²) in [5, 5.41) is 8.82. The molecule has 0 saturated carbocycles. The minimum absolute atomic E-state index is 0.509. The maximum Gasteiger partial charge on any atom is 0.112 e. The summed E-state index contributed by atoms with van der Waals surface area (Å²) in [4.78, 5) is 0. The SMILES string of the molecule is CCCCCC/C=C/C#CC(C)O. The van der Waals surface area contributed by atoms with Crippen molar-refractivity contribution in [2.45, 2.75) is 52.1 Å². The van der Waals surface area contributed by atoms with E-state index < -0.39 is 6.10 Å². The molecule has 0 aliphatic rings. The van der Waals surface area contributed by atoms with E-state index in [1.165, 1.54) is 25.7 Å². The van der Waals surface area contributed by atoms with Crippen LogP contribution in [0.4, 0.5) is 0 Å². The standard InChI is InChI=1S/C12H20O/c1-3-4-5-6-7-8-9-10-11-12(2)13/h8-9,12-13H,3-7H2,1-2H3/b9-8+. The molecule has 1 heteroatoms. The average molecular weight is 180 g/mol. The van der Waals surface area contributed by atoms with E-state index in [0.717, 1.165) is 6.42 Å². The van der Waals surface area contributed by atoms with Crippen LogP contribution in [0.3, 0.4) is 0 Å². The second-order valence-electron chi connectivity index (χ2n) is 3.22. The zero-order valence-electron chi connectivity index (χ0n) is 8.71. The lowest BCUT2D eigenvalue weighted by Gasteiger charge is -1.92. The molecule has 0 spiro atoms. The molecule has 0 fully saturated rings. The van der Waals surface area contributed by atoms with Crippen molar-refractivity contribution in [1.29, 1.82) is 0 Å². The highest BCUT2D eigenvalue weighted by Crippen LogP contribution is 2.02.